The molecule has 0 amide bonds. The zero-order chi connectivity index (χ0) is 14.0. The molecule has 2 aromatic heterocycles. The van der Waals surface area contributed by atoms with E-state index in [9.17, 15) is 9.46 Å². The van der Waals surface area contributed by atoms with Crippen molar-refractivity contribution in [2.24, 2.45) is 0 Å². The maximum Gasteiger partial charge on any atom is 0.222 e. The van der Waals surface area contributed by atoms with E-state index in [0.717, 1.165) is 0 Å². The molecular formula is C10H16N5O3P. The quantitative estimate of drug-likeness (QED) is 0.775. The van der Waals surface area contributed by atoms with Crippen LogP contribution in [0.2, 0.25) is 0 Å². The van der Waals surface area contributed by atoms with Crippen molar-refractivity contribution in [3.05, 3.63) is 12.7 Å². The van der Waals surface area contributed by atoms with Gasteiger partial charge in [0.2, 0.25) is 7.37 Å². The van der Waals surface area contributed by atoms with Gasteiger partial charge in [0.05, 0.1) is 19.0 Å². The number of rotatable bonds is 5. The molecule has 2 heterocycles. The van der Waals surface area contributed by atoms with Crippen molar-refractivity contribution in [3.8, 4) is 0 Å². The average molecular weight is 285 g/mol. The molecule has 0 bridgehead atoms. The molecule has 0 spiro atoms. The molecule has 0 fully saturated rings. The summed E-state index contributed by atoms with van der Waals surface area (Å²) in [4.78, 5) is 21.3. The van der Waals surface area contributed by atoms with Crippen LogP contribution in [-0.4, -0.2) is 43.5 Å². The number of nitrogen functional groups attached to an aromatic ring is 1. The summed E-state index contributed by atoms with van der Waals surface area (Å²) in [5.41, 5.74) is 6.85. The number of hydrogen-bond acceptors (Lipinski definition) is 6. The van der Waals surface area contributed by atoms with Crippen LogP contribution in [0.5, 0.6) is 0 Å². The molecule has 2 aromatic rings. The van der Waals surface area contributed by atoms with Gasteiger partial charge < -0.3 is 19.9 Å². The van der Waals surface area contributed by atoms with E-state index in [2.05, 4.69) is 15.0 Å². The van der Waals surface area contributed by atoms with E-state index in [0.29, 0.717) is 23.5 Å². The van der Waals surface area contributed by atoms with Crippen LogP contribution in [0.15, 0.2) is 12.7 Å². The summed E-state index contributed by atoms with van der Waals surface area (Å²) in [7, 11) is -3.16. The Kier molecular flexibility index (Phi) is 3.84. The van der Waals surface area contributed by atoms with Gasteiger partial charge in [0.25, 0.3) is 0 Å². The molecule has 8 nitrogen and oxygen atoms in total. The Bertz CT molecular complexity index is 623. The van der Waals surface area contributed by atoms with Crippen molar-refractivity contribution in [2.45, 2.75) is 19.6 Å². The molecular weight excluding hydrogens is 269 g/mol. The summed E-state index contributed by atoms with van der Waals surface area (Å²) >= 11 is 0. The van der Waals surface area contributed by atoms with Gasteiger partial charge in [0.15, 0.2) is 11.5 Å². The molecule has 0 radical (unpaired) electrons. The fraction of sp³-hybridized carbons (Fsp3) is 0.500. The first-order valence-electron chi connectivity index (χ1n) is 5.69. The second kappa shape index (κ2) is 5.24. The molecule has 2 unspecified atom stereocenters. The van der Waals surface area contributed by atoms with Crippen molar-refractivity contribution >= 4 is 24.4 Å². The van der Waals surface area contributed by atoms with Gasteiger partial charge in [-0.2, -0.15) is 0 Å². The topological polar surface area (TPSA) is 116 Å². The SMILES string of the molecule is CC(Cn1cnc2c(N)ncnc21)OCP(C)(=O)O. The van der Waals surface area contributed by atoms with E-state index in [-0.39, 0.29) is 12.5 Å². The summed E-state index contributed by atoms with van der Waals surface area (Å²) in [5, 5.41) is 0. The highest BCUT2D eigenvalue weighted by Crippen LogP contribution is 2.35. The van der Waals surface area contributed by atoms with Gasteiger partial charge in [-0.3, -0.25) is 4.57 Å². The summed E-state index contributed by atoms with van der Waals surface area (Å²) < 4.78 is 18.2. The molecule has 3 N–H and O–H groups in total. The second-order valence-electron chi connectivity index (χ2n) is 4.49. The molecule has 0 aliphatic rings. The molecule has 0 saturated carbocycles. The van der Waals surface area contributed by atoms with Crippen LogP contribution < -0.4 is 5.73 Å². The largest absolute Gasteiger partial charge is 0.382 e. The number of ether oxygens (including phenoxy) is 1. The predicted molar refractivity (Wildman–Crippen MR) is 70.9 cm³/mol. The van der Waals surface area contributed by atoms with E-state index >= 15 is 0 Å². The summed E-state index contributed by atoms with van der Waals surface area (Å²) in [5.74, 6) is 0.325. The van der Waals surface area contributed by atoms with Crippen LogP contribution in [0, 0.1) is 0 Å². The van der Waals surface area contributed by atoms with Crippen LogP contribution in [0.3, 0.4) is 0 Å². The van der Waals surface area contributed by atoms with Gasteiger partial charge in [0, 0.05) is 6.66 Å². The third kappa shape index (κ3) is 3.50. The highest BCUT2D eigenvalue weighted by Gasteiger charge is 2.15. The number of hydrogen-bond donors (Lipinski definition) is 2. The molecule has 0 aromatic carbocycles. The molecule has 9 heteroatoms. The minimum absolute atomic E-state index is 0.169. The number of aromatic nitrogens is 4. The number of nitrogens with zero attached hydrogens (tertiary/aromatic N) is 4. The van der Waals surface area contributed by atoms with Gasteiger partial charge >= 0.3 is 0 Å². The summed E-state index contributed by atoms with van der Waals surface area (Å²) in [6.07, 6.45) is 2.56. The van der Waals surface area contributed by atoms with Crippen molar-refractivity contribution < 1.29 is 14.2 Å². The molecule has 104 valence electrons. The molecule has 0 aliphatic heterocycles. The molecule has 2 atom stereocenters. The van der Waals surface area contributed by atoms with Crippen LogP contribution in [-0.2, 0) is 15.8 Å². The van der Waals surface area contributed by atoms with E-state index in [1.807, 2.05) is 6.92 Å². The Morgan fingerprint density at radius 1 is 1.53 bits per heavy atom. The standard InChI is InChI=1S/C10H16N5O3P/c1-7(18-6-19(2,16)17)3-15-5-14-8-9(11)12-4-13-10(8)15/h4-5,7H,3,6H2,1-2H3,(H,16,17)(H2,11,12,13). The average Bonchev–Trinajstić information content (AvgIpc) is 2.71. The Hall–Kier alpha value is -1.50. The molecule has 2 rings (SSSR count). The lowest BCUT2D eigenvalue weighted by Crippen LogP contribution is -2.17. The fourth-order valence-electron chi connectivity index (χ4n) is 1.63. The van der Waals surface area contributed by atoms with Gasteiger partial charge in [0.1, 0.15) is 18.2 Å². The normalized spacial score (nSPS) is 16.4. The van der Waals surface area contributed by atoms with E-state index in [1.54, 1.807) is 10.9 Å². The van der Waals surface area contributed by atoms with Crippen molar-refractivity contribution in [1.82, 2.24) is 19.5 Å². The molecule has 0 saturated heterocycles. The van der Waals surface area contributed by atoms with E-state index < -0.39 is 7.37 Å². The third-order valence-electron chi connectivity index (χ3n) is 2.48. The fourth-order valence-corrected chi connectivity index (χ4v) is 2.16. The molecule has 0 aliphatic carbocycles. The Morgan fingerprint density at radius 2 is 2.26 bits per heavy atom. The van der Waals surface area contributed by atoms with Crippen molar-refractivity contribution in [1.29, 1.82) is 0 Å². The Labute approximate surface area is 110 Å². The van der Waals surface area contributed by atoms with Crippen LogP contribution in [0.25, 0.3) is 11.2 Å². The zero-order valence-corrected chi connectivity index (χ0v) is 11.6. The Balaban J connectivity index is 2.09. The lowest BCUT2D eigenvalue weighted by atomic mass is 10.4. The first-order chi connectivity index (χ1) is 8.87. The lowest BCUT2D eigenvalue weighted by molar-refractivity contribution is 0.0829. The monoisotopic (exact) mass is 285 g/mol. The number of nitrogens with two attached hydrogens (primary N) is 1. The first kappa shape index (κ1) is 13.9. The first-order valence-corrected chi connectivity index (χ1v) is 7.98. The van der Waals surface area contributed by atoms with Gasteiger partial charge in [-0.1, -0.05) is 0 Å². The smallest absolute Gasteiger partial charge is 0.222 e. The summed E-state index contributed by atoms with van der Waals surface area (Å²) in [6.45, 7) is 3.54. The minimum Gasteiger partial charge on any atom is -0.382 e. The highest BCUT2D eigenvalue weighted by molar-refractivity contribution is 7.56. The lowest BCUT2D eigenvalue weighted by Gasteiger charge is -2.15. The third-order valence-corrected chi connectivity index (χ3v) is 3.11. The van der Waals surface area contributed by atoms with Crippen molar-refractivity contribution in [2.75, 3.05) is 18.7 Å². The van der Waals surface area contributed by atoms with E-state index in [1.165, 1.54) is 13.0 Å². The minimum atomic E-state index is -3.16. The number of fused-ring (bicyclic) bond motifs is 1. The number of anilines is 1. The van der Waals surface area contributed by atoms with Gasteiger partial charge in [-0.25, -0.2) is 15.0 Å². The van der Waals surface area contributed by atoms with Crippen LogP contribution >= 0.6 is 7.37 Å². The predicted octanol–water partition coefficient (Wildman–Crippen LogP) is 0.671. The number of imidazole rings is 1. The summed E-state index contributed by atoms with van der Waals surface area (Å²) in [6, 6.07) is 0. The molecule has 19 heavy (non-hydrogen) atoms. The zero-order valence-electron chi connectivity index (χ0n) is 10.7. The van der Waals surface area contributed by atoms with E-state index in [4.69, 9.17) is 10.5 Å². The van der Waals surface area contributed by atoms with Crippen molar-refractivity contribution in [3.63, 3.8) is 0 Å². The second-order valence-corrected chi connectivity index (χ2v) is 6.85. The van der Waals surface area contributed by atoms with Gasteiger partial charge in [-0.05, 0) is 6.92 Å². The van der Waals surface area contributed by atoms with Crippen LogP contribution in [0.1, 0.15) is 6.92 Å². The maximum atomic E-state index is 11.2. The highest BCUT2D eigenvalue weighted by atomic mass is 31.2. The van der Waals surface area contributed by atoms with Crippen LogP contribution in [0.4, 0.5) is 5.82 Å². The maximum absolute atomic E-state index is 11.2. The Morgan fingerprint density at radius 3 is 2.95 bits per heavy atom. The van der Waals surface area contributed by atoms with Gasteiger partial charge in [-0.15, -0.1) is 0 Å².